The van der Waals surface area contributed by atoms with Gasteiger partial charge in [-0.1, -0.05) is 18.2 Å². The molecule has 0 radical (unpaired) electrons. The molecule has 2 heterocycles. The molecule has 1 aliphatic heterocycles. The summed E-state index contributed by atoms with van der Waals surface area (Å²) in [5.74, 6) is 0.906. The molecule has 0 aliphatic carbocycles. The molecule has 4 heteroatoms. The Bertz CT molecular complexity index is 579. The van der Waals surface area contributed by atoms with Crippen LogP contribution in [0, 0.1) is 0 Å². The maximum atomic E-state index is 5.87. The molecule has 0 saturated carbocycles. The fourth-order valence-electron chi connectivity index (χ4n) is 2.94. The molecule has 0 spiro atoms. The molecule has 2 N–H and O–H groups in total. The van der Waals surface area contributed by atoms with Crippen LogP contribution in [-0.4, -0.2) is 30.7 Å². The summed E-state index contributed by atoms with van der Waals surface area (Å²) in [5, 5.41) is 1.19. The van der Waals surface area contributed by atoms with Gasteiger partial charge in [0, 0.05) is 37.2 Å². The van der Waals surface area contributed by atoms with Crippen LogP contribution in [0.2, 0.25) is 0 Å². The second-order valence-electron chi connectivity index (χ2n) is 5.47. The van der Waals surface area contributed by atoms with E-state index in [1.807, 2.05) is 12.1 Å². The third-order valence-electron chi connectivity index (χ3n) is 3.89. The number of nitrogens with two attached hydrogens (primary N) is 1. The van der Waals surface area contributed by atoms with Crippen molar-refractivity contribution in [3.63, 3.8) is 0 Å². The normalized spacial score (nSPS) is 21.2. The van der Waals surface area contributed by atoms with E-state index in [0.29, 0.717) is 6.54 Å². The number of fused-ring (bicyclic) bond motifs is 1. The fraction of sp³-hybridized carbons (Fsp3) is 0.500. The Morgan fingerprint density at radius 3 is 3.05 bits per heavy atom. The smallest absolute Gasteiger partial charge is 0.134 e. The highest BCUT2D eigenvalue weighted by Crippen LogP contribution is 2.27. The molecule has 1 unspecified atom stereocenters. The average Bonchev–Trinajstić information content (AvgIpc) is 2.67. The maximum absolute atomic E-state index is 5.87. The zero-order valence-corrected chi connectivity index (χ0v) is 12.0. The first-order valence-corrected chi connectivity index (χ1v) is 7.31. The highest BCUT2D eigenvalue weighted by molar-refractivity contribution is 5.82. The summed E-state index contributed by atoms with van der Waals surface area (Å²) < 4.78 is 11.6. The molecule has 1 aromatic carbocycles. The van der Waals surface area contributed by atoms with E-state index in [9.17, 15) is 0 Å². The van der Waals surface area contributed by atoms with Crippen LogP contribution in [0.25, 0.3) is 11.0 Å². The van der Waals surface area contributed by atoms with Crippen molar-refractivity contribution in [2.45, 2.75) is 32.5 Å². The van der Waals surface area contributed by atoms with E-state index in [2.05, 4.69) is 24.0 Å². The summed E-state index contributed by atoms with van der Waals surface area (Å²) in [7, 11) is 0. The van der Waals surface area contributed by atoms with Gasteiger partial charge < -0.3 is 14.9 Å². The minimum Gasteiger partial charge on any atom is -0.459 e. The van der Waals surface area contributed by atoms with Crippen molar-refractivity contribution in [3.8, 4) is 0 Å². The molecule has 1 fully saturated rings. The van der Waals surface area contributed by atoms with Gasteiger partial charge in [0.2, 0.25) is 0 Å². The minimum atomic E-state index is 0.289. The topological polar surface area (TPSA) is 51.6 Å². The highest BCUT2D eigenvalue weighted by atomic mass is 16.5. The van der Waals surface area contributed by atoms with E-state index in [1.165, 1.54) is 10.9 Å². The number of benzene rings is 1. The Labute approximate surface area is 119 Å². The number of hydrogen-bond acceptors (Lipinski definition) is 4. The first-order chi connectivity index (χ1) is 9.78. The maximum Gasteiger partial charge on any atom is 0.134 e. The molecule has 3 rings (SSSR count). The summed E-state index contributed by atoms with van der Waals surface area (Å²) in [6, 6.07) is 8.17. The predicted molar refractivity (Wildman–Crippen MR) is 79.4 cm³/mol. The number of para-hydroxylation sites is 1. The van der Waals surface area contributed by atoms with Crippen molar-refractivity contribution < 1.29 is 9.15 Å². The van der Waals surface area contributed by atoms with Crippen LogP contribution < -0.4 is 5.73 Å². The lowest BCUT2D eigenvalue weighted by molar-refractivity contribution is 0.0667. The molecule has 0 amide bonds. The van der Waals surface area contributed by atoms with Gasteiger partial charge >= 0.3 is 0 Å². The summed E-state index contributed by atoms with van der Waals surface area (Å²) in [6.45, 7) is 6.35. The second kappa shape index (κ2) is 5.95. The highest BCUT2D eigenvalue weighted by Gasteiger charge is 2.19. The van der Waals surface area contributed by atoms with Gasteiger partial charge in [-0.2, -0.15) is 0 Å². The van der Waals surface area contributed by atoms with Crippen molar-refractivity contribution in [2.75, 3.05) is 19.7 Å². The van der Waals surface area contributed by atoms with Crippen molar-refractivity contribution in [1.29, 1.82) is 0 Å². The molecule has 1 atom stereocenters. The van der Waals surface area contributed by atoms with Crippen LogP contribution in [0.4, 0.5) is 0 Å². The Hall–Kier alpha value is -1.36. The molecule has 1 aliphatic rings. The first-order valence-electron chi connectivity index (χ1n) is 7.31. The van der Waals surface area contributed by atoms with Gasteiger partial charge in [-0.3, -0.25) is 4.90 Å². The molecule has 4 nitrogen and oxygen atoms in total. The van der Waals surface area contributed by atoms with Crippen LogP contribution in [0.1, 0.15) is 24.7 Å². The quantitative estimate of drug-likeness (QED) is 0.934. The molecular weight excluding hydrogens is 252 g/mol. The summed E-state index contributed by atoms with van der Waals surface area (Å²) in [5.41, 5.74) is 8.01. The molecule has 20 heavy (non-hydrogen) atoms. The van der Waals surface area contributed by atoms with Crippen molar-refractivity contribution in [2.24, 2.45) is 5.73 Å². The van der Waals surface area contributed by atoms with Crippen LogP contribution in [0.3, 0.4) is 0 Å². The van der Waals surface area contributed by atoms with Gasteiger partial charge in [-0.05, 0) is 19.4 Å². The van der Waals surface area contributed by atoms with E-state index >= 15 is 0 Å². The third-order valence-corrected chi connectivity index (χ3v) is 3.89. The number of ether oxygens (including phenoxy) is 1. The van der Waals surface area contributed by atoms with Crippen molar-refractivity contribution in [1.82, 2.24) is 4.90 Å². The van der Waals surface area contributed by atoms with E-state index in [-0.39, 0.29) is 6.10 Å². The van der Waals surface area contributed by atoms with Gasteiger partial charge in [0.05, 0.1) is 12.6 Å². The molecule has 1 aromatic heterocycles. The molecule has 108 valence electrons. The number of furan rings is 1. The zero-order valence-electron chi connectivity index (χ0n) is 12.0. The third kappa shape index (κ3) is 2.73. The SMILES string of the molecule is CC1CN(Cc2c(CN)oc3ccccc23)CCCO1. The molecule has 0 bridgehead atoms. The largest absolute Gasteiger partial charge is 0.459 e. The van der Waals surface area contributed by atoms with Crippen LogP contribution in [0.15, 0.2) is 28.7 Å². The van der Waals surface area contributed by atoms with Crippen LogP contribution >= 0.6 is 0 Å². The van der Waals surface area contributed by atoms with Crippen molar-refractivity contribution in [3.05, 3.63) is 35.6 Å². The lowest BCUT2D eigenvalue weighted by Gasteiger charge is -2.21. The van der Waals surface area contributed by atoms with E-state index in [4.69, 9.17) is 14.9 Å². The summed E-state index contributed by atoms with van der Waals surface area (Å²) in [4.78, 5) is 2.44. The first kappa shape index (κ1) is 13.6. The van der Waals surface area contributed by atoms with E-state index < -0.39 is 0 Å². The molecule has 1 saturated heterocycles. The van der Waals surface area contributed by atoms with Gasteiger partial charge in [0.25, 0.3) is 0 Å². The van der Waals surface area contributed by atoms with Crippen molar-refractivity contribution >= 4 is 11.0 Å². The lowest BCUT2D eigenvalue weighted by Crippen LogP contribution is -2.30. The second-order valence-corrected chi connectivity index (χ2v) is 5.47. The zero-order chi connectivity index (χ0) is 13.9. The van der Waals surface area contributed by atoms with Gasteiger partial charge in [0.1, 0.15) is 11.3 Å². The number of hydrogen-bond donors (Lipinski definition) is 1. The summed E-state index contributed by atoms with van der Waals surface area (Å²) in [6.07, 6.45) is 1.37. The number of rotatable bonds is 3. The molecular formula is C16H22N2O2. The Kier molecular flexibility index (Phi) is 4.05. The van der Waals surface area contributed by atoms with Gasteiger partial charge in [0.15, 0.2) is 0 Å². The minimum absolute atomic E-state index is 0.289. The standard InChI is InChI=1S/C16H22N2O2/c1-12-10-18(7-4-8-19-12)11-14-13-5-2-3-6-15(13)20-16(14)9-17/h2-3,5-6,12H,4,7-11,17H2,1H3. The van der Waals surface area contributed by atoms with Gasteiger partial charge in [-0.25, -0.2) is 0 Å². The lowest BCUT2D eigenvalue weighted by atomic mass is 10.1. The van der Waals surface area contributed by atoms with Crippen LogP contribution in [0.5, 0.6) is 0 Å². The number of nitrogens with zero attached hydrogens (tertiary/aromatic N) is 1. The Balaban J connectivity index is 1.89. The Morgan fingerprint density at radius 1 is 1.35 bits per heavy atom. The summed E-state index contributed by atoms with van der Waals surface area (Å²) >= 11 is 0. The van der Waals surface area contributed by atoms with Gasteiger partial charge in [-0.15, -0.1) is 0 Å². The monoisotopic (exact) mass is 274 g/mol. The van der Waals surface area contributed by atoms with E-state index in [0.717, 1.165) is 44.0 Å². The Morgan fingerprint density at radius 2 is 2.20 bits per heavy atom. The van der Waals surface area contributed by atoms with E-state index in [1.54, 1.807) is 0 Å². The molecule has 2 aromatic rings. The fourth-order valence-corrected chi connectivity index (χ4v) is 2.94. The average molecular weight is 274 g/mol. The van der Waals surface area contributed by atoms with Crippen LogP contribution in [-0.2, 0) is 17.8 Å². The predicted octanol–water partition coefficient (Wildman–Crippen LogP) is 2.50.